The Morgan fingerprint density at radius 2 is 2.00 bits per heavy atom. The van der Waals surface area contributed by atoms with Gasteiger partial charge in [-0.3, -0.25) is 0 Å². The summed E-state index contributed by atoms with van der Waals surface area (Å²) in [5, 5.41) is 9.14. The zero-order valence-electron chi connectivity index (χ0n) is 10.8. The van der Waals surface area contributed by atoms with Crippen molar-refractivity contribution in [3.8, 4) is 0 Å². The summed E-state index contributed by atoms with van der Waals surface area (Å²) in [6, 6.07) is -0.387. The van der Waals surface area contributed by atoms with E-state index in [-0.39, 0.29) is 11.6 Å². The Morgan fingerprint density at radius 3 is 2.44 bits per heavy atom. The Morgan fingerprint density at radius 1 is 1.44 bits per heavy atom. The van der Waals surface area contributed by atoms with Gasteiger partial charge in [0.15, 0.2) is 0 Å². The van der Waals surface area contributed by atoms with E-state index in [1.165, 1.54) is 0 Å². The fourth-order valence-corrected chi connectivity index (χ4v) is 1.85. The van der Waals surface area contributed by atoms with Crippen molar-refractivity contribution in [1.82, 2.24) is 0 Å². The number of rotatable bonds is 8. The van der Waals surface area contributed by atoms with Gasteiger partial charge in [-0.25, -0.2) is 0 Å². The fourth-order valence-electron chi connectivity index (χ4n) is 1.85. The maximum Gasteiger partial charge on any atom is 0.136 e. The lowest BCUT2D eigenvalue weighted by Gasteiger charge is -2.29. The van der Waals surface area contributed by atoms with Crippen molar-refractivity contribution >= 4 is 6.29 Å². The SMILES string of the molecule is CC(O)COC(C)(C)CC(C)CC(N)C=O. The van der Waals surface area contributed by atoms with Crippen LogP contribution in [0.3, 0.4) is 0 Å². The number of carbonyl (C=O) groups is 1. The van der Waals surface area contributed by atoms with Crippen molar-refractivity contribution in [3.63, 3.8) is 0 Å². The molecule has 3 N–H and O–H groups in total. The first-order valence-electron chi connectivity index (χ1n) is 5.79. The minimum Gasteiger partial charge on any atom is -0.391 e. The third-order valence-electron chi connectivity index (χ3n) is 2.40. The van der Waals surface area contributed by atoms with Gasteiger partial charge < -0.3 is 20.4 Å². The number of hydrogen-bond acceptors (Lipinski definition) is 4. The summed E-state index contributed by atoms with van der Waals surface area (Å²) in [5.41, 5.74) is 5.27. The molecular formula is C12H25NO3. The molecule has 4 nitrogen and oxygen atoms in total. The van der Waals surface area contributed by atoms with E-state index < -0.39 is 6.10 Å². The number of aliphatic hydroxyl groups is 1. The van der Waals surface area contributed by atoms with Gasteiger partial charge in [0.1, 0.15) is 6.29 Å². The van der Waals surface area contributed by atoms with Gasteiger partial charge in [0.05, 0.1) is 24.4 Å². The first kappa shape index (κ1) is 15.6. The molecule has 0 aromatic carbocycles. The van der Waals surface area contributed by atoms with Gasteiger partial charge in [-0.15, -0.1) is 0 Å². The number of nitrogens with two attached hydrogens (primary N) is 1. The van der Waals surface area contributed by atoms with E-state index in [2.05, 4.69) is 6.92 Å². The molecule has 16 heavy (non-hydrogen) atoms. The van der Waals surface area contributed by atoms with E-state index in [1.54, 1.807) is 6.92 Å². The molecule has 3 atom stereocenters. The summed E-state index contributed by atoms with van der Waals surface area (Å²) in [6.45, 7) is 8.05. The van der Waals surface area contributed by atoms with Crippen molar-refractivity contribution < 1.29 is 14.6 Å². The van der Waals surface area contributed by atoms with Crippen LogP contribution in [-0.4, -0.2) is 35.7 Å². The summed E-state index contributed by atoms with van der Waals surface area (Å²) in [6.07, 6.45) is 1.82. The second kappa shape index (κ2) is 6.99. The fraction of sp³-hybridized carbons (Fsp3) is 0.917. The van der Waals surface area contributed by atoms with Crippen molar-refractivity contribution in [2.45, 2.75) is 58.3 Å². The van der Waals surface area contributed by atoms with E-state index in [4.69, 9.17) is 15.6 Å². The highest BCUT2D eigenvalue weighted by molar-refractivity contribution is 5.56. The van der Waals surface area contributed by atoms with Crippen LogP contribution in [0, 0.1) is 5.92 Å². The molecule has 0 saturated carbocycles. The zero-order valence-corrected chi connectivity index (χ0v) is 10.8. The van der Waals surface area contributed by atoms with E-state index >= 15 is 0 Å². The van der Waals surface area contributed by atoms with Crippen molar-refractivity contribution in [3.05, 3.63) is 0 Å². The second-order valence-electron chi connectivity index (χ2n) is 5.26. The van der Waals surface area contributed by atoms with Crippen LogP contribution in [0.4, 0.5) is 0 Å². The number of aliphatic hydroxyl groups excluding tert-OH is 1. The normalized spacial score (nSPS) is 17.9. The Kier molecular flexibility index (Phi) is 6.79. The lowest BCUT2D eigenvalue weighted by Crippen LogP contribution is -2.32. The molecule has 96 valence electrons. The number of hydrogen-bond donors (Lipinski definition) is 2. The van der Waals surface area contributed by atoms with Gasteiger partial charge in [-0.2, -0.15) is 0 Å². The zero-order chi connectivity index (χ0) is 12.8. The van der Waals surface area contributed by atoms with Gasteiger partial charge >= 0.3 is 0 Å². The molecule has 0 aliphatic heterocycles. The first-order valence-corrected chi connectivity index (χ1v) is 5.79. The number of carbonyl (C=O) groups excluding carboxylic acids is 1. The average molecular weight is 231 g/mol. The van der Waals surface area contributed by atoms with Crippen LogP contribution in [0.15, 0.2) is 0 Å². The maximum absolute atomic E-state index is 10.4. The predicted molar refractivity (Wildman–Crippen MR) is 64.1 cm³/mol. The van der Waals surface area contributed by atoms with E-state index in [1.807, 2.05) is 13.8 Å². The molecule has 0 spiro atoms. The van der Waals surface area contributed by atoms with Crippen LogP contribution in [0.1, 0.15) is 40.5 Å². The van der Waals surface area contributed by atoms with Crippen LogP contribution in [0.25, 0.3) is 0 Å². The molecule has 0 fully saturated rings. The predicted octanol–water partition coefficient (Wildman–Crippen LogP) is 1.10. The number of aldehydes is 1. The minimum atomic E-state index is -0.452. The standard InChI is InChI=1S/C12H25NO3/c1-9(5-11(13)7-14)6-12(3,4)16-8-10(2)15/h7,9-11,15H,5-6,8,13H2,1-4H3. The highest BCUT2D eigenvalue weighted by atomic mass is 16.5. The Labute approximate surface area is 98.2 Å². The highest BCUT2D eigenvalue weighted by Gasteiger charge is 2.23. The monoisotopic (exact) mass is 231 g/mol. The average Bonchev–Trinajstić information content (AvgIpc) is 2.13. The van der Waals surface area contributed by atoms with E-state index in [9.17, 15) is 4.79 Å². The molecule has 0 rings (SSSR count). The molecule has 0 aromatic rings. The molecule has 4 heteroatoms. The summed E-state index contributed by atoms with van der Waals surface area (Å²) in [7, 11) is 0. The molecule has 0 aromatic heterocycles. The van der Waals surface area contributed by atoms with Crippen LogP contribution < -0.4 is 5.73 Å². The lowest BCUT2D eigenvalue weighted by atomic mass is 9.90. The Balaban J connectivity index is 3.98. The second-order valence-corrected chi connectivity index (χ2v) is 5.26. The topological polar surface area (TPSA) is 72.6 Å². The van der Waals surface area contributed by atoms with Gasteiger partial charge in [-0.05, 0) is 39.5 Å². The minimum absolute atomic E-state index is 0.293. The summed E-state index contributed by atoms with van der Waals surface area (Å²) in [4.78, 5) is 10.4. The van der Waals surface area contributed by atoms with Crippen LogP contribution in [0.5, 0.6) is 0 Å². The van der Waals surface area contributed by atoms with Gasteiger partial charge in [0.2, 0.25) is 0 Å². The summed E-state index contributed by atoms with van der Waals surface area (Å²) >= 11 is 0. The first-order chi connectivity index (χ1) is 7.26. The van der Waals surface area contributed by atoms with Crippen molar-refractivity contribution in [1.29, 1.82) is 0 Å². The van der Waals surface area contributed by atoms with E-state index in [0.29, 0.717) is 18.9 Å². The molecule has 0 amide bonds. The molecular weight excluding hydrogens is 206 g/mol. The molecule has 3 unspecified atom stereocenters. The lowest BCUT2D eigenvalue weighted by molar-refractivity contribution is -0.109. The van der Waals surface area contributed by atoms with Crippen LogP contribution in [0.2, 0.25) is 0 Å². The molecule has 0 radical (unpaired) electrons. The smallest absolute Gasteiger partial charge is 0.136 e. The Hall–Kier alpha value is -0.450. The highest BCUT2D eigenvalue weighted by Crippen LogP contribution is 2.23. The maximum atomic E-state index is 10.4. The molecule has 0 bridgehead atoms. The van der Waals surface area contributed by atoms with Crippen LogP contribution >= 0.6 is 0 Å². The molecule has 0 heterocycles. The third-order valence-corrected chi connectivity index (χ3v) is 2.40. The largest absolute Gasteiger partial charge is 0.391 e. The molecule has 0 aliphatic rings. The van der Waals surface area contributed by atoms with Crippen LogP contribution in [-0.2, 0) is 9.53 Å². The Bertz CT molecular complexity index is 204. The summed E-state index contributed by atoms with van der Waals surface area (Å²) in [5.74, 6) is 0.323. The van der Waals surface area contributed by atoms with Gasteiger partial charge in [-0.1, -0.05) is 6.92 Å². The molecule has 0 saturated heterocycles. The summed E-state index contributed by atoms with van der Waals surface area (Å²) < 4.78 is 5.60. The van der Waals surface area contributed by atoms with Gasteiger partial charge in [0, 0.05) is 0 Å². The van der Waals surface area contributed by atoms with Crippen molar-refractivity contribution in [2.24, 2.45) is 11.7 Å². The van der Waals surface area contributed by atoms with Gasteiger partial charge in [0.25, 0.3) is 0 Å². The van der Waals surface area contributed by atoms with E-state index in [0.717, 1.165) is 12.7 Å². The van der Waals surface area contributed by atoms with Crippen molar-refractivity contribution in [2.75, 3.05) is 6.61 Å². The number of ether oxygens (including phenoxy) is 1. The molecule has 0 aliphatic carbocycles. The third kappa shape index (κ3) is 7.79. The quantitative estimate of drug-likeness (QED) is 0.614.